The van der Waals surface area contributed by atoms with Crippen LogP contribution in [0.3, 0.4) is 0 Å². The standard InChI is InChI=1S/C10H11BrO/c1-7-3-4-9(5-10(7)11)8(2)6-12/h3-6,8H,1-2H3. The van der Waals surface area contributed by atoms with Gasteiger partial charge >= 0.3 is 0 Å². The number of hydrogen-bond acceptors (Lipinski definition) is 1. The maximum atomic E-state index is 10.5. The van der Waals surface area contributed by atoms with Gasteiger partial charge in [-0.1, -0.05) is 35.0 Å². The predicted octanol–water partition coefficient (Wildman–Crippen LogP) is 3.06. The first-order chi connectivity index (χ1) is 5.65. The summed E-state index contributed by atoms with van der Waals surface area (Å²) in [7, 11) is 0. The van der Waals surface area contributed by atoms with Gasteiger partial charge in [0.2, 0.25) is 0 Å². The monoisotopic (exact) mass is 226 g/mol. The van der Waals surface area contributed by atoms with Crippen molar-refractivity contribution in [3.05, 3.63) is 33.8 Å². The Morgan fingerprint density at radius 3 is 2.67 bits per heavy atom. The molecular weight excluding hydrogens is 216 g/mol. The molecule has 1 unspecified atom stereocenters. The molecule has 64 valence electrons. The number of carbonyl (C=O) groups is 1. The van der Waals surface area contributed by atoms with E-state index < -0.39 is 0 Å². The molecule has 0 fully saturated rings. The molecule has 0 radical (unpaired) electrons. The van der Waals surface area contributed by atoms with Gasteiger partial charge in [-0.25, -0.2) is 0 Å². The lowest BCUT2D eigenvalue weighted by atomic mass is 10.0. The van der Waals surface area contributed by atoms with Crippen LogP contribution in [0.15, 0.2) is 22.7 Å². The zero-order valence-electron chi connectivity index (χ0n) is 7.17. The lowest BCUT2D eigenvalue weighted by molar-refractivity contribution is -0.108. The lowest BCUT2D eigenvalue weighted by Crippen LogP contribution is -1.94. The summed E-state index contributed by atoms with van der Waals surface area (Å²) in [6.45, 7) is 3.92. The summed E-state index contributed by atoms with van der Waals surface area (Å²) >= 11 is 3.43. The van der Waals surface area contributed by atoms with Crippen LogP contribution in [0.1, 0.15) is 24.0 Å². The quantitative estimate of drug-likeness (QED) is 0.709. The van der Waals surface area contributed by atoms with E-state index in [4.69, 9.17) is 0 Å². The maximum Gasteiger partial charge on any atom is 0.127 e. The third-order valence-electron chi connectivity index (χ3n) is 1.93. The van der Waals surface area contributed by atoms with Gasteiger partial charge in [-0.15, -0.1) is 0 Å². The molecule has 0 saturated heterocycles. The van der Waals surface area contributed by atoms with Gasteiger partial charge in [0.15, 0.2) is 0 Å². The van der Waals surface area contributed by atoms with Crippen LogP contribution in [0.5, 0.6) is 0 Å². The largest absolute Gasteiger partial charge is 0.303 e. The minimum absolute atomic E-state index is 0.0121. The van der Waals surface area contributed by atoms with E-state index in [1.54, 1.807) is 0 Å². The van der Waals surface area contributed by atoms with Crippen molar-refractivity contribution in [3.8, 4) is 0 Å². The molecular formula is C10H11BrO. The Hall–Kier alpha value is -0.630. The van der Waals surface area contributed by atoms with Crippen molar-refractivity contribution in [3.63, 3.8) is 0 Å². The number of halogens is 1. The number of rotatable bonds is 2. The second kappa shape index (κ2) is 3.85. The van der Waals surface area contributed by atoms with Crippen molar-refractivity contribution < 1.29 is 4.79 Å². The molecule has 1 aromatic rings. The van der Waals surface area contributed by atoms with Crippen LogP contribution in [0, 0.1) is 6.92 Å². The number of aryl methyl sites for hydroxylation is 1. The van der Waals surface area contributed by atoms with E-state index >= 15 is 0 Å². The summed E-state index contributed by atoms with van der Waals surface area (Å²) in [6, 6.07) is 5.99. The fraction of sp³-hybridized carbons (Fsp3) is 0.300. The molecule has 12 heavy (non-hydrogen) atoms. The predicted molar refractivity (Wildman–Crippen MR) is 53.4 cm³/mol. The van der Waals surface area contributed by atoms with Crippen LogP contribution in [0.4, 0.5) is 0 Å². The number of aldehydes is 1. The average Bonchev–Trinajstić information content (AvgIpc) is 2.08. The van der Waals surface area contributed by atoms with Gasteiger partial charge in [0, 0.05) is 10.4 Å². The molecule has 0 heterocycles. The first kappa shape index (κ1) is 9.46. The van der Waals surface area contributed by atoms with Gasteiger partial charge < -0.3 is 4.79 Å². The Kier molecular flexibility index (Phi) is 3.04. The van der Waals surface area contributed by atoms with E-state index in [1.807, 2.05) is 32.0 Å². The summed E-state index contributed by atoms with van der Waals surface area (Å²) in [5.41, 5.74) is 2.25. The van der Waals surface area contributed by atoms with Gasteiger partial charge in [0.05, 0.1) is 0 Å². The molecule has 0 N–H and O–H groups in total. The molecule has 0 aromatic heterocycles. The van der Waals surface area contributed by atoms with Gasteiger partial charge in [-0.2, -0.15) is 0 Å². The summed E-state index contributed by atoms with van der Waals surface area (Å²) in [5.74, 6) is -0.0121. The van der Waals surface area contributed by atoms with E-state index in [-0.39, 0.29) is 5.92 Å². The molecule has 0 aliphatic heterocycles. The Bertz CT molecular complexity index is 294. The molecule has 0 bridgehead atoms. The topological polar surface area (TPSA) is 17.1 Å². The third kappa shape index (κ3) is 1.95. The molecule has 0 aliphatic rings. The van der Waals surface area contributed by atoms with Crippen LogP contribution < -0.4 is 0 Å². The highest BCUT2D eigenvalue weighted by Gasteiger charge is 2.04. The van der Waals surface area contributed by atoms with Gasteiger partial charge in [0.25, 0.3) is 0 Å². The smallest absolute Gasteiger partial charge is 0.127 e. The van der Waals surface area contributed by atoms with E-state index in [9.17, 15) is 4.79 Å². The van der Waals surface area contributed by atoms with Crippen LogP contribution in [-0.4, -0.2) is 6.29 Å². The molecule has 0 amide bonds. The highest BCUT2D eigenvalue weighted by molar-refractivity contribution is 9.10. The van der Waals surface area contributed by atoms with Crippen molar-refractivity contribution in [2.24, 2.45) is 0 Å². The van der Waals surface area contributed by atoms with E-state index in [0.29, 0.717) is 0 Å². The fourth-order valence-corrected chi connectivity index (χ4v) is 1.37. The van der Waals surface area contributed by atoms with Crippen molar-refractivity contribution in [1.29, 1.82) is 0 Å². The van der Waals surface area contributed by atoms with Crippen molar-refractivity contribution in [2.45, 2.75) is 19.8 Å². The molecule has 1 aromatic carbocycles. The van der Waals surface area contributed by atoms with E-state index in [2.05, 4.69) is 15.9 Å². The molecule has 2 heteroatoms. The molecule has 0 spiro atoms. The number of hydrogen-bond donors (Lipinski definition) is 0. The van der Waals surface area contributed by atoms with Gasteiger partial charge in [-0.05, 0) is 24.1 Å². The number of benzene rings is 1. The summed E-state index contributed by atoms with van der Waals surface area (Å²) in [5, 5.41) is 0. The SMILES string of the molecule is Cc1ccc(C(C)C=O)cc1Br. The van der Waals surface area contributed by atoms with Crippen molar-refractivity contribution in [2.75, 3.05) is 0 Å². The second-order valence-electron chi connectivity index (χ2n) is 2.93. The highest BCUT2D eigenvalue weighted by Crippen LogP contribution is 2.21. The van der Waals surface area contributed by atoms with Crippen LogP contribution in [-0.2, 0) is 4.79 Å². The van der Waals surface area contributed by atoms with Gasteiger partial charge in [0.1, 0.15) is 6.29 Å². The lowest BCUT2D eigenvalue weighted by Gasteiger charge is -2.05. The second-order valence-corrected chi connectivity index (χ2v) is 3.79. The molecule has 1 nitrogen and oxygen atoms in total. The molecule has 1 atom stereocenters. The van der Waals surface area contributed by atoms with Crippen molar-refractivity contribution in [1.82, 2.24) is 0 Å². The first-order valence-corrected chi connectivity index (χ1v) is 4.66. The Morgan fingerprint density at radius 2 is 2.17 bits per heavy atom. The fourth-order valence-electron chi connectivity index (χ4n) is 0.971. The van der Waals surface area contributed by atoms with Crippen molar-refractivity contribution >= 4 is 22.2 Å². The zero-order chi connectivity index (χ0) is 9.14. The third-order valence-corrected chi connectivity index (χ3v) is 2.78. The Labute approximate surface area is 80.9 Å². The normalized spacial score (nSPS) is 12.6. The maximum absolute atomic E-state index is 10.5. The van der Waals surface area contributed by atoms with Crippen LogP contribution in [0.25, 0.3) is 0 Å². The highest BCUT2D eigenvalue weighted by atomic mass is 79.9. The van der Waals surface area contributed by atoms with Gasteiger partial charge in [-0.3, -0.25) is 0 Å². The Balaban J connectivity index is 3.04. The Morgan fingerprint density at radius 1 is 1.50 bits per heavy atom. The minimum atomic E-state index is -0.0121. The molecule has 0 aliphatic carbocycles. The summed E-state index contributed by atoms with van der Waals surface area (Å²) in [6.07, 6.45) is 0.955. The van der Waals surface area contributed by atoms with Crippen LogP contribution >= 0.6 is 15.9 Å². The summed E-state index contributed by atoms with van der Waals surface area (Å²) < 4.78 is 1.06. The zero-order valence-corrected chi connectivity index (χ0v) is 8.76. The van der Waals surface area contributed by atoms with E-state index in [0.717, 1.165) is 16.3 Å². The number of carbonyl (C=O) groups excluding carboxylic acids is 1. The average molecular weight is 227 g/mol. The molecule has 1 rings (SSSR count). The van der Waals surface area contributed by atoms with E-state index in [1.165, 1.54) is 5.56 Å². The molecule has 0 saturated carbocycles. The minimum Gasteiger partial charge on any atom is -0.303 e. The summed E-state index contributed by atoms with van der Waals surface area (Å²) in [4.78, 5) is 10.5. The van der Waals surface area contributed by atoms with Crippen LogP contribution in [0.2, 0.25) is 0 Å². The first-order valence-electron chi connectivity index (χ1n) is 3.86.